The summed E-state index contributed by atoms with van der Waals surface area (Å²) in [7, 11) is 3.84. The van der Waals surface area contributed by atoms with Crippen LogP contribution in [0.25, 0.3) is 0 Å². The summed E-state index contributed by atoms with van der Waals surface area (Å²) in [6.45, 7) is 2.78. The van der Waals surface area contributed by atoms with Gasteiger partial charge < -0.3 is 15.4 Å². The quantitative estimate of drug-likeness (QED) is 0.716. The predicted molar refractivity (Wildman–Crippen MR) is 67.6 cm³/mol. The maximum Gasteiger partial charge on any atom is 0.123 e. The second kappa shape index (κ2) is 7.25. The Morgan fingerprint density at radius 2 is 2.00 bits per heavy atom. The minimum absolute atomic E-state index is 0.780. The van der Waals surface area contributed by atoms with E-state index in [9.17, 15) is 0 Å². The third kappa shape index (κ3) is 4.21. The van der Waals surface area contributed by atoms with Gasteiger partial charge in [-0.25, -0.2) is 0 Å². The molecule has 0 aliphatic rings. The van der Waals surface area contributed by atoms with Gasteiger partial charge in [0.2, 0.25) is 0 Å². The maximum atomic E-state index is 5.47. The van der Waals surface area contributed by atoms with Crippen molar-refractivity contribution in [2.75, 3.05) is 27.2 Å². The van der Waals surface area contributed by atoms with Gasteiger partial charge >= 0.3 is 0 Å². The molecular weight excluding hydrogens is 200 g/mol. The van der Waals surface area contributed by atoms with E-state index in [-0.39, 0.29) is 0 Å². The molecule has 3 nitrogen and oxygen atoms in total. The highest BCUT2D eigenvalue weighted by molar-refractivity contribution is 5.32. The van der Waals surface area contributed by atoms with Gasteiger partial charge in [0.25, 0.3) is 0 Å². The van der Waals surface area contributed by atoms with Crippen LogP contribution in [0.4, 0.5) is 0 Å². The van der Waals surface area contributed by atoms with Crippen molar-refractivity contribution < 1.29 is 4.74 Å². The Labute approximate surface area is 98.2 Å². The van der Waals surface area contributed by atoms with E-state index >= 15 is 0 Å². The zero-order valence-corrected chi connectivity index (χ0v) is 10.3. The molecule has 1 aromatic carbocycles. The first-order chi connectivity index (χ1) is 7.77. The molecule has 2 N–H and O–H groups in total. The summed E-state index contributed by atoms with van der Waals surface area (Å²) >= 11 is 0. The van der Waals surface area contributed by atoms with E-state index in [1.165, 1.54) is 5.56 Å². The average Bonchev–Trinajstić information content (AvgIpc) is 2.30. The molecule has 0 saturated heterocycles. The van der Waals surface area contributed by atoms with Gasteiger partial charge in [0.05, 0.1) is 7.11 Å². The van der Waals surface area contributed by atoms with E-state index in [4.69, 9.17) is 10.5 Å². The third-order valence-corrected chi connectivity index (χ3v) is 2.63. The van der Waals surface area contributed by atoms with Crippen LogP contribution in [-0.4, -0.2) is 32.1 Å². The van der Waals surface area contributed by atoms with Gasteiger partial charge in [-0.1, -0.05) is 18.2 Å². The van der Waals surface area contributed by atoms with Gasteiger partial charge in [0.15, 0.2) is 0 Å². The largest absolute Gasteiger partial charge is 0.496 e. The highest BCUT2D eigenvalue weighted by atomic mass is 16.5. The Morgan fingerprint density at radius 1 is 1.25 bits per heavy atom. The molecule has 0 fully saturated rings. The molecule has 0 aliphatic carbocycles. The van der Waals surface area contributed by atoms with E-state index in [1.807, 2.05) is 18.2 Å². The van der Waals surface area contributed by atoms with Crippen LogP contribution in [0.1, 0.15) is 18.4 Å². The summed E-state index contributed by atoms with van der Waals surface area (Å²) in [5.41, 5.74) is 6.71. The molecular formula is C13H22N2O. The molecule has 0 amide bonds. The summed E-state index contributed by atoms with van der Waals surface area (Å²) in [6.07, 6.45) is 2.25. The molecule has 0 spiro atoms. The summed E-state index contributed by atoms with van der Waals surface area (Å²) in [4.78, 5) is 2.30. The molecule has 1 rings (SSSR count). The van der Waals surface area contributed by atoms with E-state index in [2.05, 4.69) is 18.0 Å². The number of unbranched alkanes of at least 4 members (excludes halogenated alkanes) is 1. The lowest BCUT2D eigenvalue weighted by atomic mass is 10.2. The van der Waals surface area contributed by atoms with Crippen molar-refractivity contribution in [2.24, 2.45) is 5.73 Å². The standard InChI is InChI=1S/C13H22N2O/c1-15(10-6-5-9-14)11-12-7-3-4-8-13(12)16-2/h3-4,7-8H,5-6,9-11,14H2,1-2H3. The van der Waals surface area contributed by atoms with Crippen LogP contribution in [0.2, 0.25) is 0 Å². The van der Waals surface area contributed by atoms with Gasteiger partial charge in [-0.3, -0.25) is 0 Å². The number of ether oxygens (including phenoxy) is 1. The first-order valence-electron chi connectivity index (χ1n) is 5.78. The zero-order chi connectivity index (χ0) is 11.8. The van der Waals surface area contributed by atoms with E-state index in [0.29, 0.717) is 0 Å². The van der Waals surface area contributed by atoms with Gasteiger partial charge in [-0.15, -0.1) is 0 Å². The van der Waals surface area contributed by atoms with E-state index in [1.54, 1.807) is 7.11 Å². The number of methoxy groups -OCH3 is 1. The molecule has 0 aliphatic heterocycles. The second-order valence-electron chi connectivity index (χ2n) is 4.05. The summed E-state index contributed by atoms with van der Waals surface area (Å²) < 4.78 is 5.33. The fraction of sp³-hybridized carbons (Fsp3) is 0.538. The number of hydrogen-bond donors (Lipinski definition) is 1. The number of hydrogen-bond acceptors (Lipinski definition) is 3. The van der Waals surface area contributed by atoms with Crippen LogP contribution in [0.15, 0.2) is 24.3 Å². The molecule has 90 valence electrons. The van der Waals surface area contributed by atoms with Crippen molar-refractivity contribution >= 4 is 0 Å². The molecule has 0 heterocycles. The number of benzene rings is 1. The highest BCUT2D eigenvalue weighted by Gasteiger charge is 2.04. The SMILES string of the molecule is COc1ccccc1CN(C)CCCCN. The minimum Gasteiger partial charge on any atom is -0.496 e. The van der Waals surface area contributed by atoms with Crippen LogP contribution in [0.3, 0.4) is 0 Å². The molecule has 0 unspecified atom stereocenters. The Balaban J connectivity index is 2.45. The first-order valence-corrected chi connectivity index (χ1v) is 5.78. The Kier molecular flexibility index (Phi) is 5.90. The van der Waals surface area contributed by atoms with E-state index < -0.39 is 0 Å². The maximum absolute atomic E-state index is 5.47. The Hall–Kier alpha value is -1.06. The smallest absolute Gasteiger partial charge is 0.123 e. The molecule has 0 aromatic heterocycles. The lowest BCUT2D eigenvalue weighted by Crippen LogP contribution is -2.20. The number of nitrogens with two attached hydrogens (primary N) is 1. The van der Waals surface area contributed by atoms with Crippen LogP contribution in [0.5, 0.6) is 5.75 Å². The van der Waals surface area contributed by atoms with Crippen molar-refractivity contribution in [3.8, 4) is 5.75 Å². The molecule has 1 aromatic rings. The van der Waals surface area contributed by atoms with Gasteiger partial charge in [-0.2, -0.15) is 0 Å². The third-order valence-electron chi connectivity index (χ3n) is 2.63. The van der Waals surface area contributed by atoms with Crippen molar-refractivity contribution in [3.05, 3.63) is 29.8 Å². The fourth-order valence-electron chi connectivity index (χ4n) is 1.73. The lowest BCUT2D eigenvalue weighted by molar-refractivity contribution is 0.311. The van der Waals surface area contributed by atoms with Crippen molar-refractivity contribution in [1.82, 2.24) is 4.90 Å². The second-order valence-corrected chi connectivity index (χ2v) is 4.05. The van der Waals surface area contributed by atoms with Crippen LogP contribution >= 0.6 is 0 Å². The van der Waals surface area contributed by atoms with Gasteiger partial charge in [-0.05, 0) is 39.0 Å². The monoisotopic (exact) mass is 222 g/mol. The average molecular weight is 222 g/mol. The van der Waals surface area contributed by atoms with Crippen LogP contribution in [0, 0.1) is 0 Å². The van der Waals surface area contributed by atoms with Crippen LogP contribution < -0.4 is 10.5 Å². The molecule has 16 heavy (non-hydrogen) atoms. The molecule has 0 atom stereocenters. The van der Waals surface area contributed by atoms with Crippen molar-refractivity contribution in [2.45, 2.75) is 19.4 Å². The normalized spacial score (nSPS) is 10.8. The number of para-hydroxylation sites is 1. The lowest BCUT2D eigenvalue weighted by Gasteiger charge is -2.18. The molecule has 0 saturated carbocycles. The topological polar surface area (TPSA) is 38.5 Å². The molecule has 0 bridgehead atoms. The fourth-order valence-corrected chi connectivity index (χ4v) is 1.73. The summed E-state index contributed by atoms with van der Waals surface area (Å²) in [5.74, 6) is 0.966. The highest BCUT2D eigenvalue weighted by Crippen LogP contribution is 2.18. The predicted octanol–water partition coefficient (Wildman–Crippen LogP) is 1.87. The van der Waals surface area contributed by atoms with Crippen LogP contribution in [-0.2, 0) is 6.54 Å². The van der Waals surface area contributed by atoms with Crippen molar-refractivity contribution in [3.63, 3.8) is 0 Å². The zero-order valence-electron chi connectivity index (χ0n) is 10.3. The number of rotatable bonds is 7. The van der Waals surface area contributed by atoms with E-state index in [0.717, 1.165) is 38.2 Å². The summed E-state index contributed by atoms with van der Waals surface area (Å²) in [5, 5.41) is 0. The molecule has 0 radical (unpaired) electrons. The van der Waals surface area contributed by atoms with Crippen molar-refractivity contribution in [1.29, 1.82) is 0 Å². The van der Waals surface area contributed by atoms with Gasteiger partial charge in [0.1, 0.15) is 5.75 Å². The summed E-state index contributed by atoms with van der Waals surface area (Å²) in [6, 6.07) is 8.16. The first kappa shape index (κ1) is 13.0. The Bertz CT molecular complexity index is 302. The number of nitrogens with zero attached hydrogens (tertiary/aromatic N) is 1. The minimum atomic E-state index is 0.780. The Morgan fingerprint density at radius 3 is 2.69 bits per heavy atom. The van der Waals surface area contributed by atoms with Gasteiger partial charge in [0, 0.05) is 12.1 Å². The molecule has 3 heteroatoms.